The van der Waals surface area contributed by atoms with Gasteiger partial charge in [-0.15, -0.1) is 0 Å². The summed E-state index contributed by atoms with van der Waals surface area (Å²) in [6, 6.07) is 4.37. The van der Waals surface area contributed by atoms with Crippen molar-refractivity contribution in [3.05, 3.63) is 23.2 Å². The summed E-state index contributed by atoms with van der Waals surface area (Å²) in [4.78, 5) is 0.164. The number of aliphatic hydroxyl groups is 1. The second-order valence-corrected chi connectivity index (χ2v) is 6.41. The number of sulfone groups is 1. The Morgan fingerprint density at radius 3 is 2.81 bits per heavy atom. The second-order valence-electron chi connectivity index (χ2n) is 3.84. The number of hydrogen-bond acceptors (Lipinski definition) is 4. The molecule has 2 unspecified atom stereocenters. The molecule has 2 atom stereocenters. The Balaban J connectivity index is 2.64. The van der Waals surface area contributed by atoms with Crippen molar-refractivity contribution in [2.24, 2.45) is 0 Å². The van der Waals surface area contributed by atoms with E-state index >= 15 is 0 Å². The van der Waals surface area contributed by atoms with Gasteiger partial charge in [-0.1, -0.05) is 11.6 Å². The Labute approximate surface area is 99.2 Å². The van der Waals surface area contributed by atoms with Gasteiger partial charge >= 0.3 is 0 Å². The molecule has 1 aliphatic heterocycles. The van der Waals surface area contributed by atoms with E-state index < -0.39 is 21.7 Å². The molecule has 0 amide bonds. The minimum atomic E-state index is -3.50. The Hall–Kier alpha value is -0.780. The molecule has 1 aromatic rings. The molecule has 2 rings (SSSR count). The molecule has 0 saturated carbocycles. The van der Waals surface area contributed by atoms with Crippen LogP contribution in [-0.2, 0) is 9.84 Å². The van der Waals surface area contributed by atoms with Gasteiger partial charge in [-0.05, 0) is 25.1 Å². The molecule has 2 N–H and O–H groups in total. The fourth-order valence-corrected chi connectivity index (χ4v) is 3.97. The molecular weight excluding hydrogens is 250 g/mol. The fourth-order valence-electron chi connectivity index (χ4n) is 1.88. The van der Waals surface area contributed by atoms with Gasteiger partial charge in [-0.25, -0.2) is 8.42 Å². The lowest BCUT2D eigenvalue weighted by Gasteiger charge is -2.31. The maximum atomic E-state index is 12.1. The van der Waals surface area contributed by atoms with Crippen LogP contribution in [0.15, 0.2) is 23.1 Å². The zero-order valence-corrected chi connectivity index (χ0v) is 10.2. The van der Waals surface area contributed by atoms with Crippen LogP contribution in [0.5, 0.6) is 0 Å². The van der Waals surface area contributed by atoms with Crippen LogP contribution in [0, 0.1) is 0 Å². The van der Waals surface area contributed by atoms with E-state index in [1.165, 1.54) is 6.07 Å². The Morgan fingerprint density at radius 2 is 2.19 bits per heavy atom. The summed E-state index contributed by atoms with van der Waals surface area (Å²) in [5.41, 5.74) is 0.543. The van der Waals surface area contributed by atoms with E-state index in [-0.39, 0.29) is 10.9 Å². The molecule has 1 aromatic carbocycles. The van der Waals surface area contributed by atoms with Gasteiger partial charge in [0.2, 0.25) is 0 Å². The van der Waals surface area contributed by atoms with Crippen LogP contribution >= 0.6 is 11.6 Å². The predicted octanol–water partition coefficient (Wildman–Crippen LogP) is 1.29. The Morgan fingerprint density at radius 1 is 1.50 bits per heavy atom. The molecule has 88 valence electrons. The summed E-state index contributed by atoms with van der Waals surface area (Å²) in [6.07, 6.45) is 0. The summed E-state index contributed by atoms with van der Waals surface area (Å²) in [6.45, 7) is 1.33. The topological polar surface area (TPSA) is 66.4 Å². The lowest BCUT2D eigenvalue weighted by Crippen LogP contribution is -2.44. The Bertz CT molecular complexity index is 515. The van der Waals surface area contributed by atoms with Gasteiger partial charge in [0.15, 0.2) is 9.84 Å². The van der Waals surface area contributed by atoms with Crippen molar-refractivity contribution in [1.29, 1.82) is 0 Å². The summed E-state index contributed by atoms with van der Waals surface area (Å²) < 4.78 is 24.3. The fraction of sp³-hybridized carbons (Fsp3) is 0.400. The van der Waals surface area contributed by atoms with Crippen molar-refractivity contribution in [3.63, 3.8) is 0 Å². The first kappa shape index (κ1) is 11.7. The quantitative estimate of drug-likeness (QED) is 0.800. The molecule has 4 nitrogen and oxygen atoms in total. The average Bonchev–Trinajstić information content (AvgIpc) is 2.19. The summed E-state index contributed by atoms with van der Waals surface area (Å²) in [5.74, 6) is 0. The van der Waals surface area contributed by atoms with E-state index in [2.05, 4.69) is 5.32 Å². The zero-order chi connectivity index (χ0) is 11.9. The van der Waals surface area contributed by atoms with Crippen molar-refractivity contribution >= 4 is 27.1 Å². The van der Waals surface area contributed by atoms with Crippen molar-refractivity contribution in [2.75, 3.05) is 11.9 Å². The van der Waals surface area contributed by atoms with Crippen molar-refractivity contribution in [1.82, 2.24) is 0 Å². The smallest absolute Gasteiger partial charge is 0.187 e. The maximum Gasteiger partial charge on any atom is 0.187 e. The first-order valence-corrected chi connectivity index (χ1v) is 6.80. The number of nitrogens with one attached hydrogen (secondary N) is 1. The normalized spacial score (nSPS) is 26.9. The van der Waals surface area contributed by atoms with Crippen LogP contribution < -0.4 is 5.32 Å². The number of hydrogen-bond donors (Lipinski definition) is 2. The molecule has 0 bridgehead atoms. The zero-order valence-electron chi connectivity index (χ0n) is 8.64. The Kier molecular flexibility index (Phi) is 2.86. The van der Waals surface area contributed by atoms with Gasteiger partial charge in [0.25, 0.3) is 0 Å². The number of aliphatic hydroxyl groups excluding tert-OH is 1. The summed E-state index contributed by atoms with van der Waals surface area (Å²) in [5, 5.41) is 11.7. The third-order valence-corrected chi connectivity index (χ3v) is 5.31. The van der Waals surface area contributed by atoms with E-state index in [4.69, 9.17) is 16.7 Å². The maximum absolute atomic E-state index is 12.1. The minimum absolute atomic E-state index is 0.164. The van der Waals surface area contributed by atoms with Gasteiger partial charge in [0, 0.05) is 11.1 Å². The van der Waals surface area contributed by atoms with Crippen LogP contribution in [0.1, 0.15) is 6.92 Å². The molecule has 0 fully saturated rings. The molecular formula is C10H12ClNO3S. The lowest BCUT2D eigenvalue weighted by molar-refractivity contribution is 0.282. The number of anilines is 1. The van der Waals surface area contributed by atoms with E-state index in [0.717, 1.165) is 0 Å². The molecule has 0 radical (unpaired) electrons. The highest BCUT2D eigenvalue weighted by Crippen LogP contribution is 2.34. The molecule has 16 heavy (non-hydrogen) atoms. The van der Waals surface area contributed by atoms with Gasteiger partial charge in [0.1, 0.15) is 5.25 Å². The highest BCUT2D eigenvalue weighted by molar-refractivity contribution is 7.92. The summed E-state index contributed by atoms with van der Waals surface area (Å²) >= 11 is 5.78. The predicted molar refractivity (Wildman–Crippen MR) is 62.6 cm³/mol. The van der Waals surface area contributed by atoms with E-state index in [9.17, 15) is 8.42 Å². The summed E-state index contributed by atoms with van der Waals surface area (Å²) in [7, 11) is -3.50. The number of benzene rings is 1. The highest BCUT2D eigenvalue weighted by Gasteiger charge is 2.38. The SMILES string of the molecule is CC1Nc2ccc(Cl)cc2S(=O)(=O)C1CO. The first-order valence-electron chi connectivity index (χ1n) is 4.87. The second kappa shape index (κ2) is 3.91. The molecule has 0 aliphatic carbocycles. The molecule has 1 aliphatic rings. The van der Waals surface area contributed by atoms with Gasteiger partial charge < -0.3 is 10.4 Å². The standard InChI is InChI=1S/C10H12ClNO3S/c1-6-10(5-13)16(14,15)9-4-7(11)2-3-8(9)12-6/h2-4,6,10,12-13H,5H2,1H3. The number of rotatable bonds is 1. The molecule has 0 aromatic heterocycles. The average molecular weight is 262 g/mol. The minimum Gasteiger partial charge on any atom is -0.395 e. The highest BCUT2D eigenvalue weighted by atomic mass is 35.5. The van der Waals surface area contributed by atoms with E-state index in [1.54, 1.807) is 19.1 Å². The van der Waals surface area contributed by atoms with Gasteiger partial charge in [-0.3, -0.25) is 0 Å². The molecule has 0 spiro atoms. The van der Waals surface area contributed by atoms with Gasteiger partial charge in [-0.2, -0.15) is 0 Å². The van der Waals surface area contributed by atoms with Crippen LogP contribution in [0.3, 0.4) is 0 Å². The third-order valence-electron chi connectivity index (χ3n) is 2.77. The van der Waals surface area contributed by atoms with Gasteiger partial charge in [0.05, 0.1) is 17.2 Å². The van der Waals surface area contributed by atoms with Crippen LogP contribution in [0.25, 0.3) is 0 Å². The van der Waals surface area contributed by atoms with Crippen molar-refractivity contribution < 1.29 is 13.5 Å². The van der Waals surface area contributed by atoms with Crippen LogP contribution in [-0.4, -0.2) is 31.4 Å². The van der Waals surface area contributed by atoms with Crippen LogP contribution in [0.4, 0.5) is 5.69 Å². The number of halogens is 1. The monoisotopic (exact) mass is 261 g/mol. The van der Waals surface area contributed by atoms with Crippen molar-refractivity contribution in [3.8, 4) is 0 Å². The third kappa shape index (κ3) is 1.69. The lowest BCUT2D eigenvalue weighted by atomic mass is 10.2. The number of fused-ring (bicyclic) bond motifs is 1. The van der Waals surface area contributed by atoms with Crippen molar-refractivity contribution in [2.45, 2.75) is 23.1 Å². The van der Waals surface area contributed by atoms with E-state index in [1.807, 2.05) is 0 Å². The van der Waals surface area contributed by atoms with Crippen LogP contribution in [0.2, 0.25) is 5.02 Å². The molecule has 0 saturated heterocycles. The van der Waals surface area contributed by atoms with E-state index in [0.29, 0.717) is 10.7 Å². The first-order chi connectivity index (χ1) is 7.46. The molecule has 1 heterocycles. The molecule has 6 heteroatoms. The largest absolute Gasteiger partial charge is 0.395 e.